The van der Waals surface area contributed by atoms with E-state index in [-0.39, 0.29) is 18.2 Å². The van der Waals surface area contributed by atoms with Crippen LogP contribution in [0.2, 0.25) is 0 Å². The average Bonchev–Trinajstić information content (AvgIpc) is 2.58. The van der Waals surface area contributed by atoms with Crippen LogP contribution in [0.4, 0.5) is 14.5 Å². The third kappa shape index (κ3) is 3.67. The van der Waals surface area contributed by atoms with E-state index in [2.05, 4.69) is 0 Å². The van der Waals surface area contributed by atoms with Crippen LogP contribution in [0.1, 0.15) is 17.5 Å². The van der Waals surface area contributed by atoms with Gasteiger partial charge in [-0.25, -0.2) is 8.78 Å². The van der Waals surface area contributed by atoms with Crippen molar-refractivity contribution >= 4 is 5.69 Å². The molecule has 0 saturated heterocycles. The third-order valence-electron chi connectivity index (χ3n) is 4.29. The molecule has 2 aromatic rings. The van der Waals surface area contributed by atoms with E-state index in [1.54, 1.807) is 6.07 Å². The maximum absolute atomic E-state index is 14.0. The molecule has 3 nitrogen and oxygen atoms in total. The molecule has 0 fully saturated rings. The monoisotopic (exact) mass is 333 g/mol. The average molecular weight is 333 g/mol. The number of halogens is 2. The minimum Gasteiger partial charge on any atom is -0.491 e. The first kappa shape index (κ1) is 16.7. The predicted octanol–water partition coefficient (Wildman–Crippen LogP) is 3.47. The highest BCUT2D eigenvalue weighted by molar-refractivity contribution is 5.61. The molecule has 1 aliphatic rings. The number of hydrogen-bond donors (Lipinski definition) is 1. The molecular formula is C19H21F2NO2. The van der Waals surface area contributed by atoms with Crippen LogP contribution >= 0.6 is 0 Å². The number of anilines is 1. The molecule has 0 spiro atoms. The van der Waals surface area contributed by atoms with Crippen LogP contribution in [-0.4, -0.2) is 30.9 Å². The SMILES string of the molecule is Cc1ccc(F)c2c1N(CC(O)COc1ccc(F)cc1)CCC2. The summed E-state index contributed by atoms with van der Waals surface area (Å²) in [5.74, 6) is -0.000560. The van der Waals surface area contributed by atoms with Crippen molar-refractivity contribution in [2.45, 2.75) is 25.9 Å². The van der Waals surface area contributed by atoms with Crippen molar-refractivity contribution in [2.75, 3.05) is 24.6 Å². The number of β-amino-alcohol motifs (C(OH)–C–C–N with tert-alkyl or cyclic N) is 1. The molecule has 0 saturated carbocycles. The molecule has 1 heterocycles. The Morgan fingerprint density at radius 1 is 1.17 bits per heavy atom. The van der Waals surface area contributed by atoms with Crippen molar-refractivity contribution in [3.05, 3.63) is 59.2 Å². The summed E-state index contributed by atoms with van der Waals surface area (Å²) < 4.78 is 32.4. The Kier molecular flexibility index (Phi) is 5.00. The number of aliphatic hydroxyl groups excluding tert-OH is 1. The largest absolute Gasteiger partial charge is 0.491 e. The van der Waals surface area contributed by atoms with Gasteiger partial charge < -0.3 is 14.7 Å². The Morgan fingerprint density at radius 3 is 2.67 bits per heavy atom. The molecule has 24 heavy (non-hydrogen) atoms. The highest BCUT2D eigenvalue weighted by Crippen LogP contribution is 2.32. The van der Waals surface area contributed by atoms with E-state index in [4.69, 9.17) is 4.74 Å². The van der Waals surface area contributed by atoms with Crippen molar-refractivity contribution in [3.8, 4) is 5.75 Å². The first-order chi connectivity index (χ1) is 11.5. The number of aliphatic hydroxyl groups is 1. The van der Waals surface area contributed by atoms with Gasteiger partial charge in [-0.15, -0.1) is 0 Å². The first-order valence-electron chi connectivity index (χ1n) is 8.14. The third-order valence-corrected chi connectivity index (χ3v) is 4.29. The molecule has 3 rings (SSSR count). The van der Waals surface area contributed by atoms with E-state index in [1.807, 2.05) is 11.8 Å². The van der Waals surface area contributed by atoms with Gasteiger partial charge in [-0.05, 0) is 55.7 Å². The summed E-state index contributed by atoms with van der Waals surface area (Å²) in [6.45, 7) is 3.22. The molecule has 0 radical (unpaired) electrons. The van der Waals surface area contributed by atoms with E-state index >= 15 is 0 Å². The fourth-order valence-corrected chi connectivity index (χ4v) is 3.18. The molecule has 0 aliphatic carbocycles. The van der Waals surface area contributed by atoms with Gasteiger partial charge in [0.15, 0.2) is 0 Å². The van der Waals surface area contributed by atoms with Crippen LogP contribution in [0.25, 0.3) is 0 Å². The Morgan fingerprint density at radius 2 is 1.92 bits per heavy atom. The second-order valence-corrected chi connectivity index (χ2v) is 6.16. The normalized spacial score (nSPS) is 15.1. The molecule has 128 valence electrons. The second-order valence-electron chi connectivity index (χ2n) is 6.16. The van der Waals surface area contributed by atoms with E-state index in [0.29, 0.717) is 12.3 Å². The molecular weight excluding hydrogens is 312 g/mol. The highest BCUT2D eigenvalue weighted by Gasteiger charge is 2.23. The number of fused-ring (bicyclic) bond motifs is 1. The van der Waals surface area contributed by atoms with Crippen LogP contribution in [0.3, 0.4) is 0 Å². The van der Waals surface area contributed by atoms with E-state index < -0.39 is 6.10 Å². The number of hydrogen-bond acceptors (Lipinski definition) is 3. The predicted molar refractivity (Wildman–Crippen MR) is 89.6 cm³/mol. The maximum Gasteiger partial charge on any atom is 0.128 e. The van der Waals surface area contributed by atoms with Gasteiger partial charge in [-0.3, -0.25) is 0 Å². The van der Waals surface area contributed by atoms with Crippen LogP contribution in [0.5, 0.6) is 5.75 Å². The minimum atomic E-state index is -0.719. The van der Waals surface area contributed by atoms with Crippen LogP contribution < -0.4 is 9.64 Å². The number of rotatable bonds is 5. The number of nitrogens with zero attached hydrogens (tertiary/aromatic N) is 1. The standard InChI is InChI=1S/C19H21F2NO2/c1-13-4-9-18(21)17-3-2-10-22(19(13)17)11-15(23)12-24-16-7-5-14(20)6-8-16/h4-9,15,23H,2-3,10-12H2,1H3. The summed E-state index contributed by atoms with van der Waals surface area (Å²) in [5.41, 5.74) is 2.63. The van der Waals surface area contributed by atoms with E-state index in [9.17, 15) is 13.9 Å². The van der Waals surface area contributed by atoms with Crippen LogP contribution in [-0.2, 0) is 6.42 Å². The van der Waals surface area contributed by atoms with Gasteiger partial charge in [-0.2, -0.15) is 0 Å². The second kappa shape index (κ2) is 7.18. The number of ether oxygens (including phenoxy) is 1. The van der Waals surface area contributed by atoms with Gasteiger partial charge in [0.1, 0.15) is 30.1 Å². The summed E-state index contributed by atoms with van der Waals surface area (Å²) >= 11 is 0. The van der Waals surface area contributed by atoms with Gasteiger partial charge in [0, 0.05) is 24.3 Å². The lowest BCUT2D eigenvalue weighted by atomic mass is 9.97. The molecule has 0 aromatic heterocycles. The fraction of sp³-hybridized carbons (Fsp3) is 0.368. The van der Waals surface area contributed by atoms with Gasteiger partial charge in [0.2, 0.25) is 0 Å². The fourth-order valence-electron chi connectivity index (χ4n) is 3.18. The number of aryl methyl sites for hydroxylation is 1. The molecule has 5 heteroatoms. The van der Waals surface area contributed by atoms with Crippen LogP contribution in [0, 0.1) is 18.6 Å². The maximum atomic E-state index is 14.0. The zero-order valence-electron chi connectivity index (χ0n) is 13.6. The zero-order chi connectivity index (χ0) is 17.1. The molecule has 1 atom stereocenters. The summed E-state index contributed by atoms with van der Waals surface area (Å²) in [6, 6.07) is 8.96. The molecule has 1 aliphatic heterocycles. The topological polar surface area (TPSA) is 32.7 Å². The van der Waals surface area contributed by atoms with Crippen molar-refractivity contribution in [2.24, 2.45) is 0 Å². The Hall–Kier alpha value is -2.14. The van der Waals surface area contributed by atoms with Gasteiger partial charge in [-0.1, -0.05) is 6.07 Å². The van der Waals surface area contributed by atoms with Crippen molar-refractivity contribution in [3.63, 3.8) is 0 Å². The van der Waals surface area contributed by atoms with E-state index in [1.165, 1.54) is 30.3 Å². The lowest BCUT2D eigenvalue weighted by molar-refractivity contribution is 0.112. The quantitative estimate of drug-likeness (QED) is 0.909. The van der Waals surface area contributed by atoms with Gasteiger partial charge in [0.05, 0.1) is 0 Å². The van der Waals surface area contributed by atoms with Crippen LogP contribution in [0.15, 0.2) is 36.4 Å². The molecule has 0 bridgehead atoms. The Bertz CT molecular complexity index is 703. The summed E-state index contributed by atoms with van der Waals surface area (Å²) in [5, 5.41) is 10.3. The number of benzene rings is 2. The Labute approximate surface area is 140 Å². The summed E-state index contributed by atoms with van der Waals surface area (Å²) in [7, 11) is 0. The van der Waals surface area contributed by atoms with Gasteiger partial charge >= 0.3 is 0 Å². The van der Waals surface area contributed by atoms with E-state index in [0.717, 1.165) is 36.2 Å². The lowest BCUT2D eigenvalue weighted by Gasteiger charge is -2.34. The zero-order valence-corrected chi connectivity index (χ0v) is 13.6. The lowest BCUT2D eigenvalue weighted by Crippen LogP contribution is -2.39. The molecule has 0 amide bonds. The molecule has 1 unspecified atom stereocenters. The van der Waals surface area contributed by atoms with Crippen molar-refractivity contribution < 1.29 is 18.6 Å². The summed E-state index contributed by atoms with van der Waals surface area (Å²) in [6.07, 6.45) is 0.865. The van der Waals surface area contributed by atoms with Crippen molar-refractivity contribution in [1.29, 1.82) is 0 Å². The van der Waals surface area contributed by atoms with Crippen molar-refractivity contribution in [1.82, 2.24) is 0 Å². The molecule has 2 aromatic carbocycles. The minimum absolute atomic E-state index is 0.103. The summed E-state index contributed by atoms with van der Waals surface area (Å²) in [4.78, 5) is 2.02. The Balaban J connectivity index is 1.64. The smallest absolute Gasteiger partial charge is 0.128 e. The molecule has 1 N–H and O–H groups in total. The van der Waals surface area contributed by atoms with Gasteiger partial charge in [0.25, 0.3) is 0 Å². The highest BCUT2D eigenvalue weighted by atomic mass is 19.1. The first-order valence-corrected chi connectivity index (χ1v) is 8.14.